The van der Waals surface area contributed by atoms with Crippen LogP contribution in [0.25, 0.3) is 0 Å². The second-order valence-electron chi connectivity index (χ2n) is 6.46. The van der Waals surface area contributed by atoms with Crippen LogP contribution in [0.3, 0.4) is 0 Å². The minimum absolute atomic E-state index is 0.0613. The minimum Gasteiger partial charge on any atom is -0.462 e. The minimum atomic E-state index is -0.447. The van der Waals surface area contributed by atoms with Crippen molar-refractivity contribution < 1.29 is 14.3 Å². The lowest BCUT2D eigenvalue weighted by Crippen LogP contribution is -2.21. The number of hydrogen-bond acceptors (Lipinski definition) is 8. The number of thiophene rings is 1. The summed E-state index contributed by atoms with van der Waals surface area (Å²) in [7, 11) is 0. The van der Waals surface area contributed by atoms with Crippen molar-refractivity contribution >= 4 is 45.9 Å². The van der Waals surface area contributed by atoms with Crippen LogP contribution in [0.4, 0.5) is 10.9 Å². The van der Waals surface area contributed by atoms with Gasteiger partial charge < -0.3 is 15.8 Å². The van der Waals surface area contributed by atoms with Crippen LogP contribution in [0.5, 0.6) is 0 Å². The molecule has 0 aliphatic carbocycles. The topological polar surface area (TPSA) is 112 Å². The lowest BCUT2D eigenvalue weighted by molar-refractivity contribution is -0.116. The third-order valence-electron chi connectivity index (χ3n) is 4.38. The van der Waals surface area contributed by atoms with Gasteiger partial charge in [-0.2, -0.15) is 0 Å². The van der Waals surface area contributed by atoms with E-state index in [1.165, 1.54) is 23.1 Å². The third kappa shape index (κ3) is 5.00. The molecule has 3 aromatic rings. The molecular formula is C20H23N5O3S2. The van der Waals surface area contributed by atoms with Crippen molar-refractivity contribution in [3.05, 3.63) is 51.9 Å². The molecule has 3 N–H and O–H groups in total. The molecule has 2 heterocycles. The number of benzene rings is 1. The number of aryl methyl sites for hydroxylation is 1. The SMILES string of the molecule is CCOC(=O)c1c(NC(=O)Cn2c(N)nnc2SCc2ccccc2)sc(C)c1C. The van der Waals surface area contributed by atoms with Gasteiger partial charge >= 0.3 is 5.97 Å². The zero-order valence-corrected chi connectivity index (χ0v) is 18.6. The van der Waals surface area contributed by atoms with Crippen LogP contribution in [-0.2, 0) is 21.8 Å². The zero-order chi connectivity index (χ0) is 21.7. The van der Waals surface area contributed by atoms with Crippen molar-refractivity contribution in [3.63, 3.8) is 0 Å². The van der Waals surface area contributed by atoms with Gasteiger partial charge in [0.25, 0.3) is 0 Å². The predicted molar refractivity (Wildman–Crippen MR) is 119 cm³/mol. The molecule has 0 spiro atoms. The fraction of sp³-hybridized carbons (Fsp3) is 0.300. The molecule has 0 radical (unpaired) electrons. The molecule has 0 aliphatic rings. The van der Waals surface area contributed by atoms with E-state index in [9.17, 15) is 9.59 Å². The number of nitrogens with one attached hydrogen (secondary N) is 1. The molecule has 0 aliphatic heterocycles. The van der Waals surface area contributed by atoms with Gasteiger partial charge in [-0.15, -0.1) is 21.5 Å². The van der Waals surface area contributed by atoms with E-state index in [1.807, 2.05) is 44.2 Å². The number of hydrogen-bond donors (Lipinski definition) is 2. The largest absolute Gasteiger partial charge is 0.462 e. The number of nitrogens with zero attached hydrogens (tertiary/aromatic N) is 3. The van der Waals surface area contributed by atoms with Crippen LogP contribution < -0.4 is 11.1 Å². The number of carbonyl (C=O) groups excluding carboxylic acids is 2. The highest BCUT2D eigenvalue weighted by Gasteiger charge is 2.23. The average molecular weight is 446 g/mol. The molecule has 0 fully saturated rings. The quantitative estimate of drug-likeness (QED) is 0.402. The molecule has 0 saturated carbocycles. The summed E-state index contributed by atoms with van der Waals surface area (Å²) in [6.45, 7) is 5.68. The normalized spacial score (nSPS) is 10.8. The smallest absolute Gasteiger partial charge is 0.341 e. The van der Waals surface area contributed by atoms with Gasteiger partial charge in [0, 0.05) is 10.6 Å². The van der Waals surface area contributed by atoms with Gasteiger partial charge in [0.1, 0.15) is 11.5 Å². The highest BCUT2D eigenvalue weighted by atomic mass is 32.2. The lowest BCUT2D eigenvalue weighted by atomic mass is 10.1. The van der Waals surface area contributed by atoms with Gasteiger partial charge in [-0.3, -0.25) is 9.36 Å². The maximum Gasteiger partial charge on any atom is 0.341 e. The number of amides is 1. The Kier molecular flexibility index (Phi) is 7.11. The summed E-state index contributed by atoms with van der Waals surface area (Å²) in [6.07, 6.45) is 0. The average Bonchev–Trinajstić information content (AvgIpc) is 3.20. The molecule has 8 nitrogen and oxygen atoms in total. The van der Waals surface area contributed by atoms with Crippen molar-refractivity contribution in [2.24, 2.45) is 0 Å². The third-order valence-corrected chi connectivity index (χ3v) is 6.54. The van der Waals surface area contributed by atoms with E-state index in [4.69, 9.17) is 10.5 Å². The van der Waals surface area contributed by atoms with Crippen molar-refractivity contribution in [1.82, 2.24) is 14.8 Å². The summed E-state index contributed by atoms with van der Waals surface area (Å²) in [5, 5.41) is 11.8. The van der Waals surface area contributed by atoms with E-state index in [0.29, 0.717) is 21.5 Å². The zero-order valence-electron chi connectivity index (χ0n) is 17.0. The number of carbonyl (C=O) groups is 2. The number of rotatable bonds is 8. The summed E-state index contributed by atoms with van der Waals surface area (Å²) in [5.41, 5.74) is 8.25. The highest BCUT2D eigenvalue weighted by molar-refractivity contribution is 7.98. The standard InChI is InChI=1S/C20H23N5O3S2/c1-4-28-18(27)16-12(2)13(3)30-17(16)22-15(26)10-25-19(21)23-24-20(25)29-11-14-8-6-5-7-9-14/h5-9H,4,10-11H2,1-3H3,(H2,21,23)(H,22,26). The number of nitrogens with two attached hydrogens (primary N) is 1. The molecule has 1 aromatic carbocycles. The number of aromatic nitrogens is 3. The van der Waals surface area contributed by atoms with Crippen LogP contribution in [0.2, 0.25) is 0 Å². The van der Waals surface area contributed by atoms with Gasteiger partial charge in [-0.25, -0.2) is 4.79 Å². The number of thioether (sulfide) groups is 1. The Balaban J connectivity index is 1.72. The highest BCUT2D eigenvalue weighted by Crippen LogP contribution is 2.33. The first-order valence-corrected chi connectivity index (χ1v) is 11.1. The first kappa shape index (κ1) is 21.8. The van der Waals surface area contributed by atoms with Crippen molar-refractivity contribution in [1.29, 1.82) is 0 Å². The molecule has 0 atom stereocenters. The van der Waals surface area contributed by atoms with Gasteiger partial charge in [-0.05, 0) is 31.9 Å². The molecule has 158 valence electrons. The van der Waals surface area contributed by atoms with Crippen LogP contribution >= 0.6 is 23.1 Å². The Labute approximate surface area is 182 Å². The van der Waals surface area contributed by atoms with Gasteiger partial charge in [0.05, 0.1) is 12.2 Å². The Morgan fingerprint density at radius 1 is 1.23 bits per heavy atom. The van der Waals surface area contributed by atoms with Crippen LogP contribution in [0.1, 0.15) is 33.3 Å². The predicted octanol–water partition coefficient (Wildman–Crippen LogP) is 3.65. The van der Waals surface area contributed by atoms with E-state index in [2.05, 4.69) is 15.5 Å². The molecule has 3 rings (SSSR count). The summed E-state index contributed by atoms with van der Waals surface area (Å²) in [6, 6.07) is 9.92. The van der Waals surface area contributed by atoms with Gasteiger partial charge in [0.2, 0.25) is 11.9 Å². The molecule has 2 aromatic heterocycles. The van der Waals surface area contributed by atoms with Crippen LogP contribution in [0, 0.1) is 13.8 Å². The summed E-state index contributed by atoms with van der Waals surface area (Å²) < 4.78 is 6.69. The second kappa shape index (κ2) is 9.77. The van der Waals surface area contributed by atoms with E-state index < -0.39 is 5.97 Å². The fourth-order valence-corrected chi connectivity index (χ4v) is 4.72. The Morgan fingerprint density at radius 3 is 2.67 bits per heavy atom. The molecular weight excluding hydrogens is 422 g/mol. The summed E-state index contributed by atoms with van der Waals surface area (Å²) >= 11 is 2.79. The van der Waals surface area contributed by atoms with Crippen LogP contribution in [0.15, 0.2) is 35.5 Å². The Bertz CT molecular complexity index is 1050. The molecule has 1 amide bonds. The monoisotopic (exact) mass is 445 g/mol. The van der Waals surface area contributed by atoms with Crippen molar-refractivity contribution in [2.75, 3.05) is 17.7 Å². The molecule has 0 saturated heterocycles. The molecule has 0 unspecified atom stereocenters. The first-order valence-electron chi connectivity index (χ1n) is 9.33. The summed E-state index contributed by atoms with van der Waals surface area (Å²) in [4.78, 5) is 26.0. The number of anilines is 2. The van der Waals surface area contributed by atoms with E-state index >= 15 is 0 Å². The Hall–Kier alpha value is -2.85. The summed E-state index contributed by atoms with van der Waals surface area (Å²) in [5.74, 6) is 0.0639. The number of esters is 1. The molecule has 30 heavy (non-hydrogen) atoms. The number of nitrogen functional groups attached to an aromatic ring is 1. The second-order valence-corrected chi connectivity index (χ2v) is 8.62. The van der Waals surface area contributed by atoms with E-state index in [-0.39, 0.29) is 25.0 Å². The van der Waals surface area contributed by atoms with Crippen molar-refractivity contribution in [3.8, 4) is 0 Å². The van der Waals surface area contributed by atoms with Gasteiger partial charge in [-0.1, -0.05) is 42.1 Å². The Morgan fingerprint density at radius 2 is 1.97 bits per heavy atom. The van der Waals surface area contributed by atoms with Gasteiger partial charge in [0.15, 0.2) is 5.16 Å². The lowest BCUT2D eigenvalue weighted by Gasteiger charge is -2.10. The molecule has 0 bridgehead atoms. The van der Waals surface area contributed by atoms with Crippen LogP contribution in [-0.4, -0.2) is 33.2 Å². The number of ether oxygens (including phenoxy) is 1. The van der Waals surface area contributed by atoms with E-state index in [0.717, 1.165) is 16.0 Å². The first-order chi connectivity index (χ1) is 14.4. The molecule has 10 heteroatoms. The fourth-order valence-electron chi connectivity index (χ4n) is 2.75. The maximum atomic E-state index is 12.7. The maximum absolute atomic E-state index is 12.7. The van der Waals surface area contributed by atoms with E-state index in [1.54, 1.807) is 11.5 Å². The van der Waals surface area contributed by atoms with Crippen molar-refractivity contribution in [2.45, 2.75) is 38.2 Å².